The van der Waals surface area contributed by atoms with Gasteiger partial charge in [-0.2, -0.15) is 0 Å². The normalized spacial score (nSPS) is 12.6. The van der Waals surface area contributed by atoms with Crippen molar-refractivity contribution in [3.05, 3.63) is 168 Å². The fourth-order valence-corrected chi connectivity index (χ4v) is 11.1. The van der Waals surface area contributed by atoms with Crippen molar-refractivity contribution in [1.82, 2.24) is 0 Å². The molecule has 0 unspecified atom stereocenters. The van der Waals surface area contributed by atoms with Gasteiger partial charge >= 0.3 is 0 Å². The van der Waals surface area contributed by atoms with Crippen molar-refractivity contribution in [3.8, 4) is 22.6 Å². The molecule has 6 aromatic carbocycles. The van der Waals surface area contributed by atoms with Gasteiger partial charge in [-0.15, -0.1) is 0 Å². The third kappa shape index (κ3) is 10.3. The van der Waals surface area contributed by atoms with Crippen LogP contribution in [0.5, 0.6) is 11.5 Å². The van der Waals surface area contributed by atoms with Crippen LogP contribution in [0.1, 0.15) is 105 Å². The summed E-state index contributed by atoms with van der Waals surface area (Å²) in [7, 11) is -1.62. The van der Waals surface area contributed by atoms with Crippen LogP contribution in [-0.4, -0.2) is 12.7 Å². The summed E-state index contributed by atoms with van der Waals surface area (Å²) in [6.07, 6.45) is 1.12. The molecule has 0 atom stereocenters. The third-order valence-electron chi connectivity index (χ3n) is 10.8. The molecule has 0 spiro atoms. The summed E-state index contributed by atoms with van der Waals surface area (Å²) in [6.45, 7) is 27.8. The molecule has 0 aliphatic rings. The van der Waals surface area contributed by atoms with Crippen LogP contribution in [0.4, 0.5) is 0 Å². The summed E-state index contributed by atoms with van der Waals surface area (Å²) in [5.41, 5.74) is 6.61. The van der Waals surface area contributed by atoms with E-state index in [9.17, 15) is 0 Å². The first-order valence-corrected chi connectivity index (χ1v) is 23.8. The molecule has 0 fully saturated rings. The van der Waals surface area contributed by atoms with Crippen molar-refractivity contribution in [2.45, 2.75) is 105 Å². The van der Waals surface area contributed by atoms with E-state index in [-0.39, 0.29) is 21.7 Å². The molecule has 2 nitrogen and oxygen atoms in total. The number of hydrogen-bond donors (Lipinski definition) is 0. The maximum atomic E-state index is 7.44. The Hall–Kier alpha value is -4.22. The second kappa shape index (κ2) is 17.6. The van der Waals surface area contributed by atoms with Crippen LogP contribution in [0.3, 0.4) is 0 Å². The standard InChI is InChI=1S/C54H64O2P2/c1-51(2,3)39-33-45(49(47(35-39)53(7,8)9)55-37-57(41-25-17-13-18-26-41)42-27-19-14-20-28-42)46-34-40(52(4,5)6)36-48(54(10,11)12)50(46)56-38-58(43-29-21-15-22-30-43)44-31-23-16-24-32-44/h13-36H,37-38H2,1-12H3. The summed E-state index contributed by atoms with van der Waals surface area (Å²) >= 11 is 0. The topological polar surface area (TPSA) is 18.5 Å². The molecule has 0 bridgehead atoms. The van der Waals surface area contributed by atoms with Crippen molar-refractivity contribution < 1.29 is 9.47 Å². The average Bonchev–Trinajstić information content (AvgIpc) is 3.18. The van der Waals surface area contributed by atoms with Gasteiger partial charge in [0.05, 0.1) is 0 Å². The quantitative estimate of drug-likeness (QED) is 0.121. The maximum absolute atomic E-state index is 7.44. The Kier molecular flexibility index (Phi) is 13.1. The Labute approximate surface area is 353 Å². The highest BCUT2D eigenvalue weighted by atomic mass is 31.1. The molecule has 6 rings (SSSR count). The van der Waals surface area contributed by atoms with Crippen LogP contribution in [0, 0.1) is 0 Å². The van der Waals surface area contributed by atoms with Gasteiger partial charge in [-0.3, -0.25) is 0 Å². The van der Waals surface area contributed by atoms with Gasteiger partial charge in [0.25, 0.3) is 0 Å². The second-order valence-electron chi connectivity index (χ2n) is 19.5. The first-order chi connectivity index (χ1) is 27.3. The number of rotatable bonds is 11. The van der Waals surface area contributed by atoms with Crippen molar-refractivity contribution in [2.75, 3.05) is 12.7 Å². The lowest BCUT2D eigenvalue weighted by molar-refractivity contribution is 0.370. The smallest absolute Gasteiger partial charge is 0.131 e. The Morgan fingerprint density at radius 2 is 0.603 bits per heavy atom. The molecule has 0 aliphatic carbocycles. The minimum atomic E-state index is -0.809. The van der Waals surface area contributed by atoms with Gasteiger partial charge in [0.2, 0.25) is 0 Å². The monoisotopic (exact) mass is 806 g/mol. The minimum Gasteiger partial charge on any atom is -0.488 e. The van der Waals surface area contributed by atoms with Crippen LogP contribution in [-0.2, 0) is 21.7 Å². The molecule has 0 saturated carbocycles. The highest BCUT2D eigenvalue weighted by Crippen LogP contribution is 2.51. The zero-order valence-electron chi connectivity index (χ0n) is 37.0. The van der Waals surface area contributed by atoms with Crippen molar-refractivity contribution in [2.24, 2.45) is 0 Å². The molecular weight excluding hydrogens is 743 g/mol. The van der Waals surface area contributed by atoms with Crippen LogP contribution in [0.2, 0.25) is 0 Å². The Morgan fingerprint density at radius 1 is 0.345 bits per heavy atom. The van der Waals surface area contributed by atoms with E-state index in [1.165, 1.54) is 43.5 Å². The van der Waals surface area contributed by atoms with Gasteiger partial charge in [-0.05, 0) is 82.0 Å². The number of benzene rings is 6. The van der Waals surface area contributed by atoms with Crippen LogP contribution in [0.25, 0.3) is 11.1 Å². The molecule has 0 aromatic heterocycles. The van der Waals surface area contributed by atoms with Gasteiger partial charge in [0.1, 0.15) is 24.2 Å². The lowest BCUT2D eigenvalue weighted by Crippen LogP contribution is -2.22. The summed E-state index contributed by atoms with van der Waals surface area (Å²) in [6, 6.07) is 53.2. The highest BCUT2D eigenvalue weighted by Gasteiger charge is 2.33. The molecule has 0 radical (unpaired) electrons. The van der Waals surface area contributed by atoms with Crippen LogP contribution in [0.15, 0.2) is 146 Å². The Balaban J connectivity index is 1.63. The molecule has 0 saturated heterocycles. The van der Waals surface area contributed by atoms with Gasteiger partial charge in [0, 0.05) is 22.3 Å². The first kappa shape index (κ1) is 43.4. The maximum Gasteiger partial charge on any atom is 0.131 e. The second-order valence-corrected chi connectivity index (χ2v) is 23.8. The van der Waals surface area contributed by atoms with E-state index in [1.54, 1.807) is 0 Å². The summed E-state index contributed by atoms with van der Waals surface area (Å²) in [5.74, 6) is 1.90. The Bertz CT molecular complexity index is 2010. The average molecular weight is 807 g/mol. The molecule has 0 N–H and O–H groups in total. The molecule has 0 amide bonds. The van der Waals surface area contributed by atoms with Crippen LogP contribution < -0.4 is 30.7 Å². The molecule has 58 heavy (non-hydrogen) atoms. The van der Waals surface area contributed by atoms with Crippen molar-refractivity contribution >= 4 is 37.1 Å². The van der Waals surface area contributed by atoms with E-state index < -0.39 is 15.8 Å². The van der Waals surface area contributed by atoms with Gasteiger partial charge in [-0.1, -0.05) is 217 Å². The zero-order valence-corrected chi connectivity index (χ0v) is 38.8. The largest absolute Gasteiger partial charge is 0.488 e. The highest BCUT2D eigenvalue weighted by molar-refractivity contribution is 7.73. The fraction of sp³-hybridized carbons (Fsp3) is 0.333. The zero-order chi connectivity index (χ0) is 41.9. The number of hydrogen-bond acceptors (Lipinski definition) is 2. The van der Waals surface area contributed by atoms with Gasteiger partial charge < -0.3 is 9.47 Å². The molecule has 4 heteroatoms. The summed E-state index contributed by atoms with van der Waals surface area (Å²) < 4.78 is 14.9. The predicted octanol–water partition coefficient (Wildman–Crippen LogP) is 13.5. The predicted molar refractivity (Wildman–Crippen MR) is 256 cm³/mol. The van der Waals surface area contributed by atoms with E-state index in [1.807, 2.05) is 0 Å². The van der Waals surface area contributed by atoms with Crippen LogP contribution >= 0.6 is 15.8 Å². The van der Waals surface area contributed by atoms with E-state index in [4.69, 9.17) is 9.47 Å². The first-order valence-electron chi connectivity index (χ1n) is 20.7. The molecular formula is C54H64O2P2. The lowest BCUT2D eigenvalue weighted by Gasteiger charge is -2.33. The summed E-state index contributed by atoms with van der Waals surface area (Å²) in [4.78, 5) is 0. The molecule has 0 heterocycles. The van der Waals surface area contributed by atoms with E-state index in [0.29, 0.717) is 12.7 Å². The Morgan fingerprint density at radius 3 is 0.828 bits per heavy atom. The van der Waals surface area contributed by atoms with Crippen molar-refractivity contribution in [3.63, 3.8) is 0 Å². The SMILES string of the molecule is CC(C)(C)c1cc(-c2cc(C(C)(C)C)cc(C(C)(C)C)c2OCP(c2ccccc2)c2ccccc2)c(OCP(c2ccccc2)c2ccccc2)c(C(C)(C)C)c1. The molecule has 6 aromatic rings. The van der Waals surface area contributed by atoms with E-state index in [2.05, 4.69) is 229 Å². The van der Waals surface area contributed by atoms with E-state index in [0.717, 1.165) is 22.6 Å². The lowest BCUT2D eigenvalue weighted by atomic mass is 9.75. The summed E-state index contributed by atoms with van der Waals surface area (Å²) in [5, 5.41) is 5.21. The fourth-order valence-electron chi connectivity index (χ4n) is 7.24. The van der Waals surface area contributed by atoms with Gasteiger partial charge in [-0.25, -0.2) is 0 Å². The van der Waals surface area contributed by atoms with Crippen molar-refractivity contribution in [1.29, 1.82) is 0 Å². The minimum absolute atomic E-state index is 0.0988. The van der Waals surface area contributed by atoms with E-state index >= 15 is 0 Å². The third-order valence-corrected chi connectivity index (χ3v) is 15.2. The number of ether oxygens (including phenoxy) is 2. The molecule has 0 aliphatic heterocycles. The van der Waals surface area contributed by atoms with Gasteiger partial charge in [0.15, 0.2) is 0 Å². The molecule has 302 valence electrons.